The Labute approximate surface area is 150 Å². The highest BCUT2D eigenvalue weighted by molar-refractivity contribution is 5.83. The van der Waals surface area contributed by atoms with Crippen LogP contribution >= 0.6 is 0 Å². The average Bonchev–Trinajstić information content (AvgIpc) is 3.08. The molecular weight excluding hydrogens is 312 g/mol. The molecule has 5 nitrogen and oxygen atoms in total. The number of likely N-dealkylation sites (tertiary alicyclic amines) is 1. The predicted octanol–water partition coefficient (Wildman–Crippen LogP) is 3.05. The third kappa shape index (κ3) is 3.76. The van der Waals surface area contributed by atoms with Crippen LogP contribution < -0.4 is 0 Å². The highest BCUT2D eigenvalue weighted by Gasteiger charge is 2.32. The smallest absolute Gasteiger partial charge is 0.244 e. The molecule has 1 amide bonds. The van der Waals surface area contributed by atoms with E-state index in [1.807, 2.05) is 49.5 Å². The number of benzene rings is 1. The summed E-state index contributed by atoms with van der Waals surface area (Å²) in [6.45, 7) is 6.56. The van der Waals surface area contributed by atoms with Gasteiger partial charge in [-0.2, -0.15) is 0 Å². The van der Waals surface area contributed by atoms with Crippen molar-refractivity contribution in [3.05, 3.63) is 54.1 Å². The van der Waals surface area contributed by atoms with Crippen LogP contribution in [0, 0.1) is 6.92 Å². The van der Waals surface area contributed by atoms with E-state index in [2.05, 4.69) is 33.5 Å². The molecule has 1 aliphatic rings. The van der Waals surface area contributed by atoms with E-state index in [-0.39, 0.29) is 11.9 Å². The molecule has 0 N–H and O–H groups in total. The van der Waals surface area contributed by atoms with Crippen molar-refractivity contribution < 1.29 is 4.79 Å². The third-order valence-corrected chi connectivity index (χ3v) is 5.25. The van der Waals surface area contributed by atoms with Crippen molar-refractivity contribution in [2.75, 3.05) is 26.7 Å². The van der Waals surface area contributed by atoms with Crippen molar-refractivity contribution in [2.24, 2.45) is 0 Å². The van der Waals surface area contributed by atoms with Crippen LogP contribution in [0.5, 0.6) is 0 Å². The second-order valence-electron chi connectivity index (χ2n) is 6.85. The number of hydrogen-bond acceptors (Lipinski definition) is 3. The van der Waals surface area contributed by atoms with Crippen molar-refractivity contribution in [1.82, 2.24) is 19.4 Å². The Bertz CT molecular complexity index is 697. The van der Waals surface area contributed by atoms with E-state index in [9.17, 15) is 4.79 Å². The summed E-state index contributed by atoms with van der Waals surface area (Å²) in [4.78, 5) is 21.9. The molecule has 2 aromatic rings. The first kappa shape index (κ1) is 17.7. The van der Waals surface area contributed by atoms with E-state index in [0.717, 1.165) is 43.9 Å². The Morgan fingerprint density at radius 1 is 1.36 bits per heavy atom. The van der Waals surface area contributed by atoms with E-state index in [1.165, 1.54) is 0 Å². The molecule has 1 aliphatic heterocycles. The first-order valence-electron chi connectivity index (χ1n) is 9.15. The standard InChI is InChI=1S/C20H28N4O/c1-4-22(3)19(17-9-6-5-7-10-17)20(25)23-13-8-11-18(15-23)24-14-12-21-16(24)2/h5-7,9-10,12,14,18-19H,4,8,11,13,15H2,1-3H3/t18-,19+/m1/s1. The normalized spacial score (nSPS) is 19.2. The quantitative estimate of drug-likeness (QED) is 0.840. The summed E-state index contributed by atoms with van der Waals surface area (Å²) in [5, 5.41) is 0. The first-order valence-corrected chi connectivity index (χ1v) is 9.15. The maximum absolute atomic E-state index is 13.4. The summed E-state index contributed by atoms with van der Waals surface area (Å²) in [5.74, 6) is 1.22. The molecule has 1 aromatic heterocycles. The van der Waals surface area contributed by atoms with Gasteiger partial charge in [0.2, 0.25) is 5.91 Å². The van der Waals surface area contributed by atoms with Crippen LogP contribution in [0.2, 0.25) is 0 Å². The Morgan fingerprint density at radius 3 is 2.76 bits per heavy atom. The van der Waals surface area contributed by atoms with Gasteiger partial charge in [0, 0.05) is 25.5 Å². The van der Waals surface area contributed by atoms with E-state index in [0.29, 0.717) is 6.04 Å². The lowest BCUT2D eigenvalue weighted by atomic mass is 10.0. The number of likely N-dealkylation sites (N-methyl/N-ethyl adjacent to an activating group) is 1. The fourth-order valence-electron chi connectivity index (χ4n) is 3.73. The SMILES string of the molecule is CCN(C)[C@H](C(=O)N1CCC[C@@H](n2ccnc2C)C1)c1ccccc1. The van der Waals surface area contributed by atoms with Crippen LogP contribution in [0.4, 0.5) is 0 Å². The second kappa shape index (κ2) is 7.83. The minimum atomic E-state index is -0.214. The number of aromatic nitrogens is 2. The maximum Gasteiger partial charge on any atom is 0.244 e. The summed E-state index contributed by atoms with van der Waals surface area (Å²) in [6.07, 6.45) is 6.00. The Hall–Kier alpha value is -2.14. The molecular formula is C20H28N4O. The van der Waals surface area contributed by atoms with E-state index in [4.69, 9.17) is 0 Å². The molecule has 0 aliphatic carbocycles. The van der Waals surface area contributed by atoms with Gasteiger partial charge >= 0.3 is 0 Å². The zero-order valence-electron chi connectivity index (χ0n) is 15.4. The fraction of sp³-hybridized carbons (Fsp3) is 0.500. The van der Waals surface area contributed by atoms with Gasteiger partial charge in [0.15, 0.2) is 0 Å². The van der Waals surface area contributed by atoms with Crippen LogP contribution in [0.1, 0.15) is 43.2 Å². The number of imidazole rings is 1. The molecule has 0 saturated carbocycles. The van der Waals surface area contributed by atoms with Crippen molar-refractivity contribution in [1.29, 1.82) is 0 Å². The molecule has 0 bridgehead atoms. The topological polar surface area (TPSA) is 41.4 Å². The summed E-state index contributed by atoms with van der Waals surface area (Å²) >= 11 is 0. The lowest BCUT2D eigenvalue weighted by Crippen LogP contribution is -2.46. The van der Waals surface area contributed by atoms with Crippen LogP contribution in [0.3, 0.4) is 0 Å². The molecule has 5 heteroatoms. The lowest BCUT2D eigenvalue weighted by molar-refractivity contribution is -0.138. The number of piperidine rings is 1. The van der Waals surface area contributed by atoms with Gasteiger partial charge in [-0.3, -0.25) is 9.69 Å². The number of carbonyl (C=O) groups is 1. The Kier molecular flexibility index (Phi) is 5.53. The van der Waals surface area contributed by atoms with Gasteiger partial charge in [-0.15, -0.1) is 0 Å². The van der Waals surface area contributed by atoms with Crippen molar-refractivity contribution in [3.8, 4) is 0 Å². The van der Waals surface area contributed by atoms with Crippen molar-refractivity contribution in [2.45, 2.75) is 38.8 Å². The highest BCUT2D eigenvalue weighted by Crippen LogP contribution is 2.27. The van der Waals surface area contributed by atoms with Gasteiger partial charge in [-0.05, 0) is 38.9 Å². The molecule has 134 valence electrons. The van der Waals surface area contributed by atoms with E-state index in [1.54, 1.807) is 0 Å². The van der Waals surface area contributed by atoms with Gasteiger partial charge in [-0.1, -0.05) is 37.3 Å². The molecule has 3 rings (SSSR count). The molecule has 1 aromatic carbocycles. The van der Waals surface area contributed by atoms with E-state index >= 15 is 0 Å². The van der Waals surface area contributed by atoms with Gasteiger partial charge < -0.3 is 9.47 Å². The summed E-state index contributed by atoms with van der Waals surface area (Å²) in [6, 6.07) is 10.2. The summed E-state index contributed by atoms with van der Waals surface area (Å²) in [5.41, 5.74) is 1.07. The van der Waals surface area contributed by atoms with Crippen molar-refractivity contribution in [3.63, 3.8) is 0 Å². The Morgan fingerprint density at radius 2 is 2.12 bits per heavy atom. The number of rotatable bonds is 5. The van der Waals surface area contributed by atoms with Gasteiger partial charge in [0.05, 0.1) is 6.04 Å². The zero-order chi connectivity index (χ0) is 17.8. The molecule has 2 atom stereocenters. The van der Waals surface area contributed by atoms with Crippen LogP contribution in [0.25, 0.3) is 0 Å². The largest absolute Gasteiger partial charge is 0.339 e. The molecule has 0 unspecified atom stereocenters. The third-order valence-electron chi connectivity index (χ3n) is 5.25. The van der Waals surface area contributed by atoms with Gasteiger partial charge in [0.1, 0.15) is 11.9 Å². The first-order chi connectivity index (χ1) is 12.1. The average molecular weight is 340 g/mol. The zero-order valence-corrected chi connectivity index (χ0v) is 15.4. The molecule has 1 saturated heterocycles. The van der Waals surface area contributed by atoms with Gasteiger partial charge in [0.25, 0.3) is 0 Å². The van der Waals surface area contributed by atoms with E-state index < -0.39 is 0 Å². The molecule has 0 spiro atoms. The van der Waals surface area contributed by atoms with Gasteiger partial charge in [-0.25, -0.2) is 4.98 Å². The van der Waals surface area contributed by atoms with Crippen molar-refractivity contribution >= 4 is 5.91 Å². The number of nitrogens with zero attached hydrogens (tertiary/aromatic N) is 4. The molecule has 0 radical (unpaired) electrons. The number of aryl methyl sites for hydroxylation is 1. The summed E-state index contributed by atoms with van der Waals surface area (Å²) in [7, 11) is 2.02. The predicted molar refractivity (Wildman–Crippen MR) is 99.3 cm³/mol. The molecule has 25 heavy (non-hydrogen) atoms. The minimum Gasteiger partial charge on any atom is -0.339 e. The van der Waals surface area contributed by atoms with Crippen LogP contribution in [-0.4, -0.2) is 51.9 Å². The Balaban J connectivity index is 1.81. The highest BCUT2D eigenvalue weighted by atomic mass is 16.2. The molecule has 1 fully saturated rings. The number of hydrogen-bond donors (Lipinski definition) is 0. The van der Waals surface area contributed by atoms with Crippen LogP contribution in [-0.2, 0) is 4.79 Å². The molecule has 2 heterocycles. The minimum absolute atomic E-state index is 0.206. The maximum atomic E-state index is 13.4. The number of amides is 1. The second-order valence-corrected chi connectivity index (χ2v) is 6.85. The number of carbonyl (C=O) groups excluding carboxylic acids is 1. The summed E-state index contributed by atoms with van der Waals surface area (Å²) < 4.78 is 2.21. The lowest BCUT2D eigenvalue weighted by Gasteiger charge is -2.38. The van der Waals surface area contributed by atoms with Crippen LogP contribution in [0.15, 0.2) is 42.7 Å². The monoisotopic (exact) mass is 340 g/mol. The fourth-order valence-corrected chi connectivity index (χ4v) is 3.73.